The maximum atomic E-state index is 6.16. The highest BCUT2D eigenvalue weighted by molar-refractivity contribution is 6.08. The molecule has 9 aromatic carbocycles. The van der Waals surface area contributed by atoms with Gasteiger partial charge in [0.25, 0.3) is 0 Å². The topological polar surface area (TPSA) is 16.4 Å². The summed E-state index contributed by atoms with van der Waals surface area (Å²) >= 11 is 0. The first-order chi connectivity index (χ1) is 25.8. The van der Waals surface area contributed by atoms with Gasteiger partial charge in [0, 0.05) is 27.5 Å². The quantitative estimate of drug-likeness (QED) is 0.176. The number of rotatable bonds is 6. The van der Waals surface area contributed by atoms with Crippen molar-refractivity contribution in [2.45, 2.75) is 0 Å². The third-order valence-corrected chi connectivity index (χ3v) is 10.2. The Labute approximate surface area is 302 Å². The molecule has 0 saturated carbocycles. The predicted octanol–water partition coefficient (Wildman–Crippen LogP) is 14.4. The molecule has 0 atom stereocenters. The predicted molar refractivity (Wildman–Crippen MR) is 220 cm³/mol. The molecule has 0 aliphatic heterocycles. The first-order valence-corrected chi connectivity index (χ1v) is 17.8. The van der Waals surface area contributed by atoms with Gasteiger partial charge in [0.05, 0.1) is 5.69 Å². The molecule has 0 saturated heterocycles. The Morgan fingerprint density at radius 2 is 0.942 bits per heavy atom. The summed E-state index contributed by atoms with van der Waals surface area (Å²) in [5.41, 5.74) is 12.2. The van der Waals surface area contributed by atoms with Crippen LogP contribution < -0.4 is 4.90 Å². The normalized spacial score (nSPS) is 11.5. The number of fused-ring (bicyclic) bond motifs is 5. The molecule has 10 aromatic rings. The lowest BCUT2D eigenvalue weighted by Gasteiger charge is -2.28. The van der Waals surface area contributed by atoms with Gasteiger partial charge in [-0.1, -0.05) is 146 Å². The third-order valence-electron chi connectivity index (χ3n) is 10.2. The van der Waals surface area contributed by atoms with Gasteiger partial charge in [0.1, 0.15) is 11.2 Å². The molecule has 52 heavy (non-hydrogen) atoms. The van der Waals surface area contributed by atoms with E-state index in [1.54, 1.807) is 0 Å². The number of hydrogen-bond acceptors (Lipinski definition) is 2. The first-order valence-electron chi connectivity index (χ1n) is 17.8. The Bertz CT molecular complexity index is 2900. The molecule has 10 rings (SSSR count). The highest BCUT2D eigenvalue weighted by Crippen LogP contribution is 2.43. The molecular formula is C50H33NO. The lowest BCUT2D eigenvalue weighted by Crippen LogP contribution is -2.10. The molecule has 0 spiro atoms. The molecule has 0 radical (unpaired) electrons. The molecule has 244 valence electrons. The van der Waals surface area contributed by atoms with Crippen LogP contribution in [0, 0.1) is 0 Å². The van der Waals surface area contributed by atoms with Gasteiger partial charge < -0.3 is 9.32 Å². The summed E-state index contributed by atoms with van der Waals surface area (Å²) < 4.78 is 6.16. The molecule has 0 fully saturated rings. The van der Waals surface area contributed by atoms with Gasteiger partial charge in [-0.2, -0.15) is 0 Å². The Balaban J connectivity index is 1.13. The van der Waals surface area contributed by atoms with Crippen LogP contribution in [0.25, 0.3) is 76.9 Å². The summed E-state index contributed by atoms with van der Waals surface area (Å²) in [6.07, 6.45) is 0. The van der Waals surface area contributed by atoms with Crippen LogP contribution in [0.1, 0.15) is 0 Å². The van der Waals surface area contributed by atoms with E-state index in [1.165, 1.54) is 43.8 Å². The number of furan rings is 1. The van der Waals surface area contributed by atoms with Crippen molar-refractivity contribution in [3.63, 3.8) is 0 Å². The van der Waals surface area contributed by atoms with Crippen LogP contribution in [0.3, 0.4) is 0 Å². The van der Waals surface area contributed by atoms with Crippen molar-refractivity contribution < 1.29 is 4.42 Å². The van der Waals surface area contributed by atoms with Crippen LogP contribution in [0.2, 0.25) is 0 Å². The van der Waals surface area contributed by atoms with E-state index < -0.39 is 0 Å². The zero-order valence-electron chi connectivity index (χ0n) is 28.4. The summed E-state index contributed by atoms with van der Waals surface area (Å²) in [5, 5.41) is 7.17. The van der Waals surface area contributed by atoms with Crippen LogP contribution in [0.4, 0.5) is 17.1 Å². The van der Waals surface area contributed by atoms with Gasteiger partial charge in [-0.05, 0) is 104 Å². The van der Waals surface area contributed by atoms with E-state index in [9.17, 15) is 0 Å². The smallest absolute Gasteiger partial charge is 0.135 e. The number of nitrogens with zero attached hydrogens (tertiary/aromatic N) is 1. The molecule has 1 aromatic heterocycles. The second-order valence-corrected chi connectivity index (χ2v) is 13.3. The Hall–Kier alpha value is -6.90. The molecule has 0 bridgehead atoms. The minimum atomic E-state index is 0.902. The Kier molecular flexibility index (Phi) is 7.18. The van der Waals surface area contributed by atoms with E-state index >= 15 is 0 Å². The van der Waals surface area contributed by atoms with Crippen molar-refractivity contribution in [2.24, 2.45) is 0 Å². The van der Waals surface area contributed by atoms with Crippen molar-refractivity contribution in [3.05, 3.63) is 200 Å². The zero-order chi connectivity index (χ0) is 34.4. The summed E-state index contributed by atoms with van der Waals surface area (Å²) in [7, 11) is 0. The van der Waals surface area contributed by atoms with Crippen LogP contribution in [-0.4, -0.2) is 0 Å². The van der Waals surface area contributed by atoms with E-state index in [0.29, 0.717) is 0 Å². The number of hydrogen-bond donors (Lipinski definition) is 0. The third kappa shape index (κ3) is 5.21. The van der Waals surface area contributed by atoms with Gasteiger partial charge in [-0.25, -0.2) is 0 Å². The average molecular weight is 664 g/mol. The molecule has 0 amide bonds. The maximum absolute atomic E-state index is 6.16. The Morgan fingerprint density at radius 3 is 1.81 bits per heavy atom. The lowest BCUT2D eigenvalue weighted by atomic mass is 9.96. The highest BCUT2D eigenvalue weighted by Gasteiger charge is 2.19. The minimum Gasteiger partial charge on any atom is -0.456 e. The first kappa shape index (κ1) is 30.0. The highest BCUT2D eigenvalue weighted by atomic mass is 16.3. The summed E-state index contributed by atoms with van der Waals surface area (Å²) in [5.74, 6) is 0. The summed E-state index contributed by atoms with van der Waals surface area (Å²) in [6, 6.07) is 71.9. The average Bonchev–Trinajstić information content (AvgIpc) is 3.60. The number of para-hydroxylation sites is 1. The van der Waals surface area contributed by atoms with Crippen molar-refractivity contribution >= 4 is 60.5 Å². The molecule has 0 unspecified atom stereocenters. The second kappa shape index (κ2) is 12.5. The van der Waals surface area contributed by atoms with Crippen LogP contribution in [0.5, 0.6) is 0 Å². The van der Waals surface area contributed by atoms with E-state index in [0.717, 1.165) is 50.1 Å². The molecule has 0 aliphatic rings. The molecule has 2 heteroatoms. The van der Waals surface area contributed by atoms with Crippen molar-refractivity contribution in [2.75, 3.05) is 4.90 Å². The fourth-order valence-corrected chi connectivity index (χ4v) is 7.68. The van der Waals surface area contributed by atoms with Crippen LogP contribution in [-0.2, 0) is 0 Å². The van der Waals surface area contributed by atoms with E-state index in [1.807, 2.05) is 12.1 Å². The van der Waals surface area contributed by atoms with Gasteiger partial charge >= 0.3 is 0 Å². The summed E-state index contributed by atoms with van der Waals surface area (Å²) in [4.78, 5) is 2.40. The van der Waals surface area contributed by atoms with E-state index in [-0.39, 0.29) is 0 Å². The fraction of sp³-hybridized carbons (Fsp3) is 0. The van der Waals surface area contributed by atoms with Crippen LogP contribution in [0.15, 0.2) is 205 Å². The Morgan fingerprint density at radius 1 is 0.308 bits per heavy atom. The fourth-order valence-electron chi connectivity index (χ4n) is 7.68. The molecule has 0 aliphatic carbocycles. The van der Waals surface area contributed by atoms with Gasteiger partial charge in [0.2, 0.25) is 0 Å². The number of benzene rings is 9. The SMILES string of the molecule is c1ccc(-c2ccc(N(c3ccc(-c4ccc5ccccc5c4)cc3)c3cccc(-c4ccc5oc6ccccc6c5c4)c3)c3ccccc23)cc1. The van der Waals surface area contributed by atoms with Gasteiger partial charge in [0.15, 0.2) is 0 Å². The van der Waals surface area contributed by atoms with Crippen molar-refractivity contribution in [3.8, 4) is 33.4 Å². The molecule has 1 heterocycles. The number of anilines is 3. The van der Waals surface area contributed by atoms with Crippen LogP contribution >= 0.6 is 0 Å². The van der Waals surface area contributed by atoms with Crippen molar-refractivity contribution in [1.82, 2.24) is 0 Å². The second-order valence-electron chi connectivity index (χ2n) is 13.3. The van der Waals surface area contributed by atoms with Gasteiger partial charge in [-0.15, -0.1) is 0 Å². The van der Waals surface area contributed by atoms with Crippen molar-refractivity contribution in [1.29, 1.82) is 0 Å². The van der Waals surface area contributed by atoms with E-state index in [2.05, 4.69) is 193 Å². The zero-order valence-corrected chi connectivity index (χ0v) is 28.4. The lowest BCUT2D eigenvalue weighted by molar-refractivity contribution is 0.669. The largest absolute Gasteiger partial charge is 0.456 e. The molecule has 0 N–H and O–H groups in total. The molecule has 2 nitrogen and oxygen atoms in total. The monoisotopic (exact) mass is 663 g/mol. The van der Waals surface area contributed by atoms with Gasteiger partial charge in [-0.3, -0.25) is 0 Å². The summed E-state index contributed by atoms with van der Waals surface area (Å²) in [6.45, 7) is 0. The maximum Gasteiger partial charge on any atom is 0.135 e. The molecular weight excluding hydrogens is 631 g/mol. The standard InChI is InChI=1S/C50H33NO/c1-2-12-36(13-3-1)43-28-29-48(45-18-7-6-17-44(43)45)51(41-26-23-35(24-27-41)39-22-21-34-11-4-5-14-37(34)31-39)42-16-10-15-38(32-42)40-25-30-50-47(33-40)46-19-8-9-20-49(46)52-50/h1-33H. The van der Waals surface area contributed by atoms with E-state index in [4.69, 9.17) is 4.42 Å². The minimum absolute atomic E-state index is 0.902.